The summed E-state index contributed by atoms with van der Waals surface area (Å²) in [6.07, 6.45) is 0. The molecule has 0 amide bonds. The lowest BCUT2D eigenvalue weighted by atomic mass is 10.1. The maximum absolute atomic E-state index is 5.65. The fourth-order valence-corrected chi connectivity index (χ4v) is 2.90. The normalized spacial score (nSPS) is 18.2. The third-order valence-electron chi connectivity index (χ3n) is 3.66. The van der Waals surface area contributed by atoms with Gasteiger partial charge in [0.25, 0.3) is 0 Å². The van der Waals surface area contributed by atoms with Crippen molar-refractivity contribution in [3.05, 3.63) is 33.8 Å². The van der Waals surface area contributed by atoms with Crippen molar-refractivity contribution in [2.45, 2.75) is 20.0 Å². The van der Waals surface area contributed by atoms with Crippen LogP contribution in [0.2, 0.25) is 0 Å². The molecular formula is C14H22BrN3. The van der Waals surface area contributed by atoms with E-state index in [4.69, 9.17) is 5.73 Å². The standard InChI is InChI=1S/C14H22BrN3/c1-2-17-5-7-18(8-6-17)11-13-4-3-12(10-16)9-14(13)15/h3-4,9H,2,5-8,10-11,16H2,1H3. The van der Waals surface area contributed by atoms with E-state index < -0.39 is 0 Å². The van der Waals surface area contributed by atoms with E-state index in [2.05, 4.69) is 50.9 Å². The largest absolute Gasteiger partial charge is 0.326 e. The van der Waals surface area contributed by atoms with Crippen LogP contribution in [0.3, 0.4) is 0 Å². The fourth-order valence-electron chi connectivity index (χ4n) is 2.35. The molecule has 3 nitrogen and oxygen atoms in total. The van der Waals surface area contributed by atoms with Crippen molar-refractivity contribution < 1.29 is 0 Å². The highest BCUT2D eigenvalue weighted by atomic mass is 79.9. The summed E-state index contributed by atoms with van der Waals surface area (Å²) in [5, 5.41) is 0. The molecule has 0 aromatic heterocycles. The average Bonchev–Trinajstić information content (AvgIpc) is 2.42. The van der Waals surface area contributed by atoms with Crippen LogP contribution in [-0.4, -0.2) is 42.5 Å². The summed E-state index contributed by atoms with van der Waals surface area (Å²) < 4.78 is 1.18. The summed E-state index contributed by atoms with van der Waals surface area (Å²) in [4.78, 5) is 5.03. The van der Waals surface area contributed by atoms with E-state index >= 15 is 0 Å². The van der Waals surface area contributed by atoms with Crippen LogP contribution in [0.4, 0.5) is 0 Å². The quantitative estimate of drug-likeness (QED) is 0.923. The van der Waals surface area contributed by atoms with Gasteiger partial charge in [-0.05, 0) is 23.7 Å². The number of rotatable bonds is 4. The van der Waals surface area contributed by atoms with Crippen molar-refractivity contribution in [1.29, 1.82) is 0 Å². The number of likely N-dealkylation sites (N-methyl/N-ethyl adjacent to an activating group) is 1. The Morgan fingerprint density at radius 2 is 1.83 bits per heavy atom. The zero-order valence-corrected chi connectivity index (χ0v) is 12.6. The fraction of sp³-hybridized carbons (Fsp3) is 0.571. The molecule has 1 aromatic rings. The highest BCUT2D eigenvalue weighted by Crippen LogP contribution is 2.20. The van der Waals surface area contributed by atoms with Gasteiger partial charge in [0, 0.05) is 43.7 Å². The van der Waals surface area contributed by atoms with Gasteiger partial charge in [-0.1, -0.05) is 35.0 Å². The topological polar surface area (TPSA) is 32.5 Å². The van der Waals surface area contributed by atoms with E-state index in [1.54, 1.807) is 0 Å². The van der Waals surface area contributed by atoms with Crippen LogP contribution in [0.15, 0.2) is 22.7 Å². The molecule has 0 unspecified atom stereocenters. The molecule has 1 aliphatic heterocycles. The van der Waals surface area contributed by atoms with E-state index in [0.29, 0.717) is 6.54 Å². The first-order valence-electron chi connectivity index (χ1n) is 6.65. The molecule has 100 valence electrons. The molecule has 0 aliphatic carbocycles. The molecule has 2 N–H and O–H groups in total. The van der Waals surface area contributed by atoms with Crippen LogP contribution in [0, 0.1) is 0 Å². The molecule has 0 radical (unpaired) electrons. The summed E-state index contributed by atoms with van der Waals surface area (Å²) in [5.41, 5.74) is 8.19. The minimum Gasteiger partial charge on any atom is -0.326 e. The lowest BCUT2D eigenvalue weighted by Gasteiger charge is -2.34. The Morgan fingerprint density at radius 1 is 1.17 bits per heavy atom. The minimum absolute atomic E-state index is 0.605. The predicted molar refractivity (Wildman–Crippen MR) is 79.4 cm³/mol. The van der Waals surface area contributed by atoms with Crippen LogP contribution < -0.4 is 5.73 Å². The smallest absolute Gasteiger partial charge is 0.0246 e. The summed E-state index contributed by atoms with van der Waals surface area (Å²) in [7, 11) is 0. The Labute approximate surface area is 118 Å². The van der Waals surface area contributed by atoms with Gasteiger partial charge in [-0.3, -0.25) is 4.90 Å². The van der Waals surface area contributed by atoms with Crippen molar-refractivity contribution in [2.24, 2.45) is 5.73 Å². The number of hydrogen-bond donors (Lipinski definition) is 1. The highest BCUT2D eigenvalue weighted by molar-refractivity contribution is 9.10. The summed E-state index contributed by atoms with van der Waals surface area (Å²) in [6, 6.07) is 6.46. The van der Waals surface area contributed by atoms with E-state index in [1.807, 2.05) is 0 Å². The molecule has 0 spiro atoms. The second-order valence-electron chi connectivity index (χ2n) is 4.84. The Balaban J connectivity index is 1.94. The van der Waals surface area contributed by atoms with Gasteiger partial charge < -0.3 is 10.6 Å². The zero-order chi connectivity index (χ0) is 13.0. The Morgan fingerprint density at radius 3 is 2.39 bits per heavy atom. The number of nitrogens with zero attached hydrogens (tertiary/aromatic N) is 2. The van der Waals surface area contributed by atoms with Crippen LogP contribution in [0.1, 0.15) is 18.1 Å². The van der Waals surface area contributed by atoms with E-state index in [-0.39, 0.29) is 0 Å². The monoisotopic (exact) mass is 311 g/mol. The lowest BCUT2D eigenvalue weighted by Crippen LogP contribution is -2.45. The van der Waals surface area contributed by atoms with Gasteiger partial charge in [-0.25, -0.2) is 0 Å². The number of nitrogens with two attached hydrogens (primary N) is 1. The molecule has 1 fully saturated rings. The molecule has 18 heavy (non-hydrogen) atoms. The molecule has 0 atom stereocenters. The molecule has 0 saturated carbocycles. The lowest BCUT2D eigenvalue weighted by molar-refractivity contribution is 0.132. The summed E-state index contributed by atoms with van der Waals surface area (Å²) in [6.45, 7) is 9.75. The van der Waals surface area contributed by atoms with Crippen molar-refractivity contribution in [3.8, 4) is 0 Å². The van der Waals surface area contributed by atoms with Crippen molar-refractivity contribution in [3.63, 3.8) is 0 Å². The zero-order valence-electron chi connectivity index (χ0n) is 11.0. The van der Waals surface area contributed by atoms with Gasteiger partial charge >= 0.3 is 0 Å². The Kier molecular flexibility index (Phi) is 5.18. The average molecular weight is 312 g/mol. The maximum atomic E-state index is 5.65. The molecule has 0 bridgehead atoms. The number of benzene rings is 1. The summed E-state index contributed by atoms with van der Waals surface area (Å²) in [5.74, 6) is 0. The predicted octanol–water partition coefficient (Wildman–Crippen LogP) is 2.05. The second kappa shape index (κ2) is 6.66. The second-order valence-corrected chi connectivity index (χ2v) is 5.69. The van der Waals surface area contributed by atoms with Crippen LogP contribution in [0.5, 0.6) is 0 Å². The van der Waals surface area contributed by atoms with E-state index in [1.165, 1.54) is 48.3 Å². The first-order valence-corrected chi connectivity index (χ1v) is 7.44. The number of hydrogen-bond acceptors (Lipinski definition) is 3. The van der Waals surface area contributed by atoms with Gasteiger partial charge in [-0.15, -0.1) is 0 Å². The third kappa shape index (κ3) is 3.54. The molecule has 1 saturated heterocycles. The van der Waals surface area contributed by atoms with Gasteiger partial charge in [0.1, 0.15) is 0 Å². The SMILES string of the molecule is CCN1CCN(Cc2ccc(CN)cc2Br)CC1. The Hall–Kier alpha value is -0.420. The van der Waals surface area contributed by atoms with Crippen molar-refractivity contribution in [2.75, 3.05) is 32.7 Å². The number of piperazine rings is 1. The molecule has 4 heteroatoms. The molecular weight excluding hydrogens is 290 g/mol. The van der Waals surface area contributed by atoms with Crippen molar-refractivity contribution in [1.82, 2.24) is 9.80 Å². The summed E-state index contributed by atoms with van der Waals surface area (Å²) >= 11 is 3.65. The van der Waals surface area contributed by atoms with Gasteiger partial charge in [0.15, 0.2) is 0 Å². The van der Waals surface area contributed by atoms with Crippen LogP contribution in [0.25, 0.3) is 0 Å². The molecule has 2 rings (SSSR count). The molecule has 1 heterocycles. The van der Waals surface area contributed by atoms with Crippen LogP contribution >= 0.6 is 15.9 Å². The van der Waals surface area contributed by atoms with Crippen LogP contribution in [-0.2, 0) is 13.1 Å². The first-order chi connectivity index (χ1) is 8.72. The third-order valence-corrected chi connectivity index (χ3v) is 4.40. The van der Waals surface area contributed by atoms with E-state index in [9.17, 15) is 0 Å². The molecule has 1 aromatic carbocycles. The highest BCUT2D eigenvalue weighted by Gasteiger charge is 2.16. The Bertz CT molecular complexity index is 387. The van der Waals surface area contributed by atoms with E-state index in [0.717, 1.165) is 6.54 Å². The first kappa shape index (κ1) is 14.0. The minimum atomic E-state index is 0.605. The number of halogens is 1. The molecule has 1 aliphatic rings. The van der Waals surface area contributed by atoms with Gasteiger partial charge in [0.05, 0.1) is 0 Å². The maximum Gasteiger partial charge on any atom is 0.0246 e. The van der Waals surface area contributed by atoms with Crippen molar-refractivity contribution >= 4 is 15.9 Å². The van der Waals surface area contributed by atoms with Gasteiger partial charge in [-0.2, -0.15) is 0 Å². The van der Waals surface area contributed by atoms with Gasteiger partial charge in [0.2, 0.25) is 0 Å².